The molecule has 0 atom stereocenters. The number of anilines is 3. The Balaban J connectivity index is 2.17. The zero-order valence-corrected chi connectivity index (χ0v) is 10.4. The van der Waals surface area contributed by atoms with E-state index in [4.69, 9.17) is 10.5 Å². The number of pyridine rings is 1. The van der Waals surface area contributed by atoms with E-state index in [1.807, 2.05) is 24.3 Å². The fourth-order valence-corrected chi connectivity index (χ4v) is 1.75. The molecule has 1 aromatic carbocycles. The van der Waals surface area contributed by atoms with E-state index >= 15 is 0 Å². The molecule has 4 heteroatoms. The van der Waals surface area contributed by atoms with Crippen molar-refractivity contribution in [2.75, 3.05) is 24.8 Å². The van der Waals surface area contributed by atoms with Crippen molar-refractivity contribution < 1.29 is 4.74 Å². The van der Waals surface area contributed by atoms with Crippen LogP contribution in [0.3, 0.4) is 0 Å². The molecular weight excluding hydrogens is 226 g/mol. The number of aromatic nitrogens is 1. The third-order valence-corrected chi connectivity index (χ3v) is 2.63. The summed E-state index contributed by atoms with van der Waals surface area (Å²) in [4.78, 5) is 4.06. The minimum atomic E-state index is 0.648. The first-order valence-corrected chi connectivity index (χ1v) is 5.84. The van der Waals surface area contributed by atoms with Crippen molar-refractivity contribution in [3.05, 3.63) is 48.3 Å². The number of rotatable bonds is 5. The van der Waals surface area contributed by atoms with Crippen molar-refractivity contribution in [3.63, 3.8) is 0 Å². The molecule has 0 saturated carbocycles. The molecule has 0 unspecified atom stereocenters. The molecule has 1 aromatic heterocycles. The number of nitrogen functional groups attached to an aromatic ring is 1. The Morgan fingerprint density at radius 2 is 2.11 bits per heavy atom. The summed E-state index contributed by atoms with van der Waals surface area (Å²) in [5.41, 5.74) is 9.51. The van der Waals surface area contributed by atoms with E-state index in [1.165, 1.54) is 5.56 Å². The third-order valence-electron chi connectivity index (χ3n) is 2.63. The smallest absolute Gasteiger partial charge is 0.0591 e. The van der Waals surface area contributed by atoms with Crippen LogP contribution >= 0.6 is 0 Å². The van der Waals surface area contributed by atoms with Crippen molar-refractivity contribution >= 4 is 17.1 Å². The highest BCUT2D eigenvalue weighted by molar-refractivity contribution is 5.64. The van der Waals surface area contributed by atoms with Crippen LogP contribution in [0, 0.1) is 0 Å². The minimum absolute atomic E-state index is 0.648. The molecule has 0 spiro atoms. The van der Waals surface area contributed by atoms with E-state index in [0.717, 1.165) is 17.8 Å². The normalized spacial score (nSPS) is 10.3. The molecule has 2 aromatic rings. The number of ether oxygens (including phenoxy) is 1. The maximum atomic E-state index is 5.71. The van der Waals surface area contributed by atoms with Gasteiger partial charge in [0.25, 0.3) is 0 Å². The molecule has 18 heavy (non-hydrogen) atoms. The van der Waals surface area contributed by atoms with Crippen LogP contribution < -0.4 is 11.1 Å². The predicted molar refractivity (Wildman–Crippen MR) is 74.0 cm³/mol. The standard InChI is InChI=1S/C14H17N3O/c1-18-7-6-11-4-2-3-5-14(11)17-13-8-12(15)9-16-10-13/h2-5,8-10,17H,6-7,15H2,1H3. The van der Waals surface area contributed by atoms with Crippen molar-refractivity contribution in [3.8, 4) is 0 Å². The van der Waals surface area contributed by atoms with E-state index in [1.54, 1.807) is 19.5 Å². The van der Waals surface area contributed by atoms with Crippen LogP contribution in [0.15, 0.2) is 42.7 Å². The van der Waals surface area contributed by atoms with Gasteiger partial charge in [0.05, 0.1) is 24.2 Å². The second-order valence-electron chi connectivity index (χ2n) is 4.03. The molecule has 0 bridgehead atoms. The summed E-state index contributed by atoms with van der Waals surface area (Å²) in [6.45, 7) is 0.702. The Bertz CT molecular complexity index is 514. The van der Waals surface area contributed by atoms with Crippen molar-refractivity contribution in [1.82, 2.24) is 4.98 Å². The highest BCUT2D eigenvalue weighted by atomic mass is 16.5. The number of hydrogen-bond donors (Lipinski definition) is 2. The van der Waals surface area contributed by atoms with Crippen LogP contribution in [-0.4, -0.2) is 18.7 Å². The summed E-state index contributed by atoms with van der Waals surface area (Å²) in [5.74, 6) is 0. The number of benzene rings is 1. The van der Waals surface area contributed by atoms with Gasteiger partial charge in [-0.1, -0.05) is 18.2 Å². The first-order chi connectivity index (χ1) is 8.79. The Hall–Kier alpha value is -2.07. The summed E-state index contributed by atoms with van der Waals surface area (Å²) in [6.07, 6.45) is 4.25. The molecule has 2 rings (SSSR count). The van der Waals surface area contributed by atoms with Crippen LogP contribution in [0.25, 0.3) is 0 Å². The average molecular weight is 243 g/mol. The molecule has 0 radical (unpaired) electrons. The molecule has 0 aliphatic rings. The second-order valence-corrected chi connectivity index (χ2v) is 4.03. The van der Waals surface area contributed by atoms with Crippen molar-refractivity contribution in [2.45, 2.75) is 6.42 Å². The molecule has 94 valence electrons. The van der Waals surface area contributed by atoms with Crippen LogP contribution in [-0.2, 0) is 11.2 Å². The van der Waals surface area contributed by atoms with Gasteiger partial charge in [-0.25, -0.2) is 0 Å². The van der Waals surface area contributed by atoms with Crippen molar-refractivity contribution in [1.29, 1.82) is 0 Å². The zero-order valence-electron chi connectivity index (χ0n) is 10.4. The molecule has 0 amide bonds. The second kappa shape index (κ2) is 6.02. The van der Waals surface area contributed by atoms with Gasteiger partial charge in [0.2, 0.25) is 0 Å². The molecule has 0 aliphatic carbocycles. The summed E-state index contributed by atoms with van der Waals surface area (Å²) in [6, 6.07) is 10.0. The zero-order chi connectivity index (χ0) is 12.8. The SMILES string of the molecule is COCCc1ccccc1Nc1cncc(N)c1. The fourth-order valence-electron chi connectivity index (χ4n) is 1.75. The topological polar surface area (TPSA) is 60.2 Å². The quantitative estimate of drug-likeness (QED) is 0.847. The summed E-state index contributed by atoms with van der Waals surface area (Å²) < 4.78 is 5.11. The van der Waals surface area contributed by atoms with Gasteiger partial charge in [-0.05, 0) is 24.1 Å². The molecule has 1 heterocycles. The lowest BCUT2D eigenvalue weighted by molar-refractivity contribution is 0.202. The van der Waals surface area contributed by atoms with Gasteiger partial charge in [-0.3, -0.25) is 4.98 Å². The van der Waals surface area contributed by atoms with Gasteiger partial charge in [0.15, 0.2) is 0 Å². The third kappa shape index (κ3) is 3.21. The maximum Gasteiger partial charge on any atom is 0.0591 e. The molecule has 0 aliphatic heterocycles. The van der Waals surface area contributed by atoms with Gasteiger partial charge in [0, 0.05) is 19.0 Å². The number of para-hydroxylation sites is 1. The van der Waals surface area contributed by atoms with Gasteiger partial charge in [-0.2, -0.15) is 0 Å². The molecular formula is C14H17N3O. The van der Waals surface area contributed by atoms with E-state index in [-0.39, 0.29) is 0 Å². The predicted octanol–water partition coefficient (Wildman–Crippen LogP) is 2.60. The maximum absolute atomic E-state index is 5.71. The number of nitrogens with two attached hydrogens (primary N) is 1. The van der Waals surface area contributed by atoms with Gasteiger partial charge >= 0.3 is 0 Å². The highest BCUT2D eigenvalue weighted by Gasteiger charge is 2.02. The van der Waals surface area contributed by atoms with Gasteiger partial charge in [0.1, 0.15) is 0 Å². The van der Waals surface area contributed by atoms with E-state index in [2.05, 4.69) is 16.4 Å². The largest absolute Gasteiger partial charge is 0.397 e. The minimum Gasteiger partial charge on any atom is -0.397 e. The van der Waals surface area contributed by atoms with Crippen LogP contribution in [0.2, 0.25) is 0 Å². The molecule has 0 saturated heterocycles. The lowest BCUT2D eigenvalue weighted by atomic mass is 10.1. The summed E-state index contributed by atoms with van der Waals surface area (Å²) in [5, 5.41) is 3.32. The number of nitrogens with zero attached hydrogens (tertiary/aromatic N) is 1. The fraction of sp³-hybridized carbons (Fsp3) is 0.214. The van der Waals surface area contributed by atoms with E-state index < -0.39 is 0 Å². The highest BCUT2D eigenvalue weighted by Crippen LogP contribution is 2.21. The Kier molecular flexibility index (Phi) is 4.15. The lowest BCUT2D eigenvalue weighted by Gasteiger charge is -2.11. The Morgan fingerprint density at radius 3 is 2.89 bits per heavy atom. The number of nitrogens with one attached hydrogen (secondary N) is 1. The molecule has 4 nitrogen and oxygen atoms in total. The van der Waals surface area contributed by atoms with Gasteiger partial charge in [-0.15, -0.1) is 0 Å². The summed E-state index contributed by atoms with van der Waals surface area (Å²) in [7, 11) is 1.71. The average Bonchev–Trinajstić information content (AvgIpc) is 2.38. The van der Waals surface area contributed by atoms with E-state index in [9.17, 15) is 0 Å². The molecule has 3 N–H and O–H groups in total. The Morgan fingerprint density at radius 1 is 1.28 bits per heavy atom. The van der Waals surface area contributed by atoms with Crippen molar-refractivity contribution in [2.24, 2.45) is 0 Å². The van der Waals surface area contributed by atoms with Crippen LogP contribution in [0.5, 0.6) is 0 Å². The number of methoxy groups -OCH3 is 1. The Labute approximate surface area is 107 Å². The van der Waals surface area contributed by atoms with Crippen LogP contribution in [0.4, 0.5) is 17.1 Å². The first kappa shape index (κ1) is 12.4. The molecule has 0 fully saturated rings. The number of hydrogen-bond acceptors (Lipinski definition) is 4. The van der Waals surface area contributed by atoms with Gasteiger partial charge < -0.3 is 15.8 Å². The van der Waals surface area contributed by atoms with E-state index in [0.29, 0.717) is 12.3 Å². The first-order valence-electron chi connectivity index (χ1n) is 5.84. The lowest BCUT2D eigenvalue weighted by Crippen LogP contribution is -2.00. The van der Waals surface area contributed by atoms with Crippen LogP contribution in [0.1, 0.15) is 5.56 Å². The monoisotopic (exact) mass is 243 g/mol. The summed E-state index contributed by atoms with van der Waals surface area (Å²) >= 11 is 0.